The lowest BCUT2D eigenvalue weighted by Crippen LogP contribution is -2.38. The van der Waals surface area contributed by atoms with Crippen molar-refractivity contribution >= 4 is 73.7 Å². The van der Waals surface area contributed by atoms with Crippen LogP contribution in [0.3, 0.4) is 0 Å². The summed E-state index contributed by atoms with van der Waals surface area (Å²) in [6.45, 7) is 0.424. The van der Waals surface area contributed by atoms with E-state index >= 15 is 0 Å². The van der Waals surface area contributed by atoms with E-state index in [2.05, 4.69) is 45.2 Å². The first kappa shape index (κ1) is 16.7. The fraction of sp³-hybridized carbons (Fsp3) is 0.364. The van der Waals surface area contributed by atoms with E-state index in [1.54, 1.807) is 0 Å². The molecule has 0 spiro atoms. The van der Waals surface area contributed by atoms with Gasteiger partial charge in [0, 0.05) is 7.14 Å². The van der Waals surface area contributed by atoms with Gasteiger partial charge in [0.05, 0.1) is 24.7 Å². The van der Waals surface area contributed by atoms with Crippen LogP contribution in [0.5, 0.6) is 5.75 Å². The Morgan fingerprint density at radius 1 is 1.28 bits per heavy atom. The van der Waals surface area contributed by atoms with E-state index in [0.29, 0.717) is 17.0 Å². The lowest BCUT2D eigenvalue weighted by atomic mass is 10.2. The highest BCUT2D eigenvalue weighted by Gasteiger charge is 2.22. The molecule has 4 nitrogen and oxygen atoms in total. The number of benzene rings is 1. The summed E-state index contributed by atoms with van der Waals surface area (Å²) in [6.07, 6.45) is 0. The van der Waals surface area contributed by atoms with Crippen molar-refractivity contribution in [2.24, 2.45) is 0 Å². The van der Waals surface area contributed by atoms with Gasteiger partial charge in [-0.25, -0.2) is 4.79 Å². The normalized spacial score (nSPS) is 11.4. The second-order valence-electron chi connectivity index (χ2n) is 4.73. The van der Waals surface area contributed by atoms with Crippen LogP contribution in [0.2, 0.25) is 0 Å². The molecule has 0 saturated carbocycles. The minimum Gasteiger partial charge on any atom is -0.478 e. The molecule has 0 aromatic heterocycles. The van der Waals surface area contributed by atoms with Crippen LogP contribution in [0.1, 0.15) is 10.4 Å². The monoisotopic (exact) mass is 588 g/mol. The van der Waals surface area contributed by atoms with E-state index in [4.69, 9.17) is 4.74 Å². The van der Waals surface area contributed by atoms with E-state index in [1.807, 2.05) is 49.8 Å². The third-order valence-electron chi connectivity index (χ3n) is 1.94. The first-order valence-corrected chi connectivity index (χ1v) is 8.21. The van der Waals surface area contributed by atoms with Crippen molar-refractivity contribution in [3.8, 4) is 5.75 Å². The Kier molecular flexibility index (Phi) is 5.93. The van der Waals surface area contributed by atoms with Crippen LogP contribution in [-0.2, 0) is 0 Å². The van der Waals surface area contributed by atoms with Crippen LogP contribution in [-0.4, -0.2) is 43.4 Å². The molecule has 1 rings (SSSR count). The molecule has 0 bridgehead atoms. The average Bonchev–Trinajstić information content (AvgIpc) is 2.19. The Morgan fingerprint density at radius 2 is 1.83 bits per heavy atom. The van der Waals surface area contributed by atoms with Crippen molar-refractivity contribution in [3.63, 3.8) is 0 Å². The third kappa shape index (κ3) is 4.34. The Morgan fingerprint density at radius 3 is 2.28 bits per heavy atom. The maximum Gasteiger partial charge on any atom is 0.340 e. The number of hydrogen-bond donors (Lipinski definition) is 1. The minimum atomic E-state index is -0.952. The van der Waals surface area contributed by atoms with Crippen molar-refractivity contribution in [2.45, 2.75) is 0 Å². The number of hydrogen-bond acceptors (Lipinski definition) is 2. The number of carbonyl (C=O) groups is 1. The van der Waals surface area contributed by atoms with Crippen LogP contribution < -0.4 is 4.74 Å². The van der Waals surface area contributed by atoms with Crippen molar-refractivity contribution < 1.29 is 19.1 Å². The number of quaternary nitrogens is 1. The summed E-state index contributed by atoms with van der Waals surface area (Å²) in [5.41, 5.74) is 0.250. The van der Waals surface area contributed by atoms with Crippen LogP contribution in [0.15, 0.2) is 6.07 Å². The molecule has 1 N–H and O–H groups in total. The van der Waals surface area contributed by atoms with Gasteiger partial charge in [0.1, 0.15) is 5.56 Å². The van der Waals surface area contributed by atoms with Gasteiger partial charge in [-0.15, -0.1) is 0 Å². The summed E-state index contributed by atoms with van der Waals surface area (Å²) in [5, 5.41) is 9.33. The summed E-state index contributed by atoms with van der Waals surface area (Å²) in [7, 11) is 5.97. The molecule has 18 heavy (non-hydrogen) atoms. The van der Waals surface area contributed by atoms with Crippen molar-refractivity contribution in [1.29, 1.82) is 0 Å². The van der Waals surface area contributed by atoms with Crippen LogP contribution in [0, 0.1) is 10.7 Å². The Labute approximate surface area is 147 Å². The topological polar surface area (TPSA) is 46.5 Å². The maximum absolute atomic E-state index is 11.4. The molecule has 1 aromatic carbocycles. The van der Waals surface area contributed by atoms with Gasteiger partial charge in [-0.05, 0) is 73.8 Å². The number of aromatic carboxylic acids is 1. The van der Waals surface area contributed by atoms with Crippen molar-refractivity contribution in [1.82, 2.24) is 0 Å². The molecule has 0 aliphatic heterocycles. The molecule has 100 valence electrons. The first-order valence-electron chi connectivity index (χ1n) is 4.97. The molecule has 0 fully saturated rings. The van der Waals surface area contributed by atoms with E-state index in [-0.39, 0.29) is 5.56 Å². The number of ether oxygens (including phenoxy) is 1. The van der Waals surface area contributed by atoms with E-state index < -0.39 is 5.97 Å². The SMILES string of the molecule is C[N+](C)(C)COc1c(I)cc(I)c(I)c1C(=O)O. The number of nitrogens with zero attached hydrogens (tertiary/aromatic N) is 1. The second kappa shape index (κ2) is 6.39. The molecular weight excluding hydrogens is 575 g/mol. The summed E-state index contributed by atoms with van der Waals surface area (Å²) in [6, 6.07) is 1.93. The quantitative estimate of drug-likeness (QED) is 0.255. The van der Waals surface area contributed by atoms with Gasteiger partial charge in [0.2, 0.25) is 6.73 Å². The highest BCUT2D eigenvalue weighted by molar-refractivity contribution is 14.1. The Bertz CT molecular complexity index is 483. The lowest BCUT2D eigenvalue weighted by Gasteiger charge is -2.24. The Hall–Kier alpha value is 0.640. The predicted octanol–water partition coefficient (Wildman–Crippen LogP) is 3.24. The first-order chi connectivity index (χ1) is 8.13. The summed E-state index contributed by atoms with van der Waals surface area (Å²) >= 11 is 6.29. The number of carboxylic acid groups (broad SMARTS) is 1. The van der Waals surface area contributed by atoms with Gasteiger partial charge in [0.25, 0.3) is 0 Å². The zero-order valence-corrected chi connectivity index (χ0v) is 16.6. The summed E-state index contributed by atoms with van der Waals surface area (Å²) in [5.74, 6) is -0.492. The van der Waals surface area contributed by atoms with Gasteiger partial charge in [-0.3, -0.25) is 4.48 Å². The molecular formula is C11H13I3NO3+. The van der Waals surface area contributed by atoms with Crippen LogP contribution in [0.25, 0.3) is 0 Å². The Balaban J connectivity index is 3.25. The molecule has 0 aliphatic rings. The predicted molar refractivity (Wildman–Crippen MR) is 95.1 cm³/mol. The van der Waals surface area contributed by atoms with E-state index in [1.165, 1.54) is 0 Å². The second-order valence-corrected chi connectivity index (χ2v) is 8.13. The molecule has 0 radical (unpaired) electrons. The van der Waals surface area contributed by atoms with Crippen LogP contribution >= 0.6 is 67.8 Å². The standard InChI is InChI=1S/C11H12I3NO3/c1-15(2,3)5-18-10-7(13)4-6(12)9(14)8(10)11(16)17/h4H,5H2,1-3H3/p+1. The lowest BCUT2D eigenvalue weighted by molar-refractivity contribution is -0.886. The number of carboxylic acids is 1. The minimum absolute atomic E-state index is 0.250. The third-order valence-corrected chi connectivity index (χ3v) is 5.74. The van der Waals surface area contributed by atoms with Gasteiger partial charge < -0.3 is 9.84 Å². The number of rotatable bonds is 4. The highest BCUT2D eigenvalue weighted by atomic mass is 127. The molecule has 0 atom stereocenters. The molecule has 0 unspecified atom stereocenters. The zero-order chi connectivity index (χ0) is 14.1. The molecule has 0 heterocycles. The van der Waals surface area contributed by atoms with Crippen LogP contribution in [0.4, 0.5) is 0 Å². The van der Waals surface area contributed by atoms with E-state index in [0.717, 1.165) is 10.7 Å². The maximum atomic E-state index is 11.4. The van der Waals surface area contributed by atoms with E-state index in [9.17, 15) is 9.90 Å². The molecule has 7 heteroatoms. The fourth-order valence-corrected chi connectivity index (χ4v) is 3.71. The molecule has 0 saturated heterocycles. The molecule has 1 aromatic rings. The fourth-order valence-electron chi connectivity index (χ4n) is 1.17. The highest BCUT2D eigenvalue weighted by Crippen LogP contribution is 2.33. The molecule has 0 amide bonds. The van der Waals surface area contributed by atoms with Crippen molar-refractivity contribution in [2.75, 3.05) is 27.9 Å². The van der Waals surface area contributed by atoms with Gasteiger partial charge in [-0.1, -0.05) is 0 Å². The number of halogens is 3. The van der Waals surface area contributed by atoms with Gasteiger partial charge >= 0.3 is 5.97 Å². The van der Waals surface area contributed by atoms with Gasteiger partial charge in [-0.2, -0.15) is 0 Å². The smallest absolute Gasteiger partial charge is 0.340 e. The molecule has 0 aliphatic carbocycles. The zero-order valence-electron chi connectivity index (χ0n) is 10.1. The summed E-state index contributed by atoms with van der Waals surface area (Å²) in [4.78, 5) is 11.4. The summed E-state index contributed by atoms with van der Waals surface area (Å²) < 4.78 is 8.78. The average molecular weight is 588 g/mol. The van der Waals surface area contributed by atoms with Crippen molar-refractivity contribution in [3.05, 3.63) is 22.3 Å². The van der Waals surface area contributed by atoms with Gasteiger partial charge in [0.15, 0.2) is 5.75 Å². The largest absolute Gasteiger partial charge is 0.478 e.